The molecule has 1 unspecified atom stereocenters. The van der Waals surface area contributed by atoms with Crippen LogP contribution in [0.3, 0.4) is 0 Å². The summed E-state index contributed by atoms with van der Waals surface area (Å²) in [5.41, 5.74) is 1.16. The smallest absolute Gasteiger partial charge is 0.0664 e. The number of hydrogen-bond acceptors (Lipinski definition) is 2. The quantitative estimate of drug-likeness (QED) is 0.620. The fourth-order valence-corrected chi connectivity index (χ4v) is 1.29. The highest BCUT2D eigenvalue weighted by molar-refractivity contribution is 5.02. The highest BCUT2D eigenvalue weighted by Crippen LogP contribution is 1.96. The van der Waals surface area contributed by atoms with Gasteiger partial charge < -0.3 is 15.4 Å². The molecule has 1 aromatic heterocycles. The van der Waals surface area contributed by atoms with Crippen LogP contribution in [0.2, 0.25) is 0 Å². The van der Waals surface area contributed by atoms with E-state index in [2.05, 4.69) is 17.2 Å². The molecule has 0 saturated carbocycles. The number of aliphatic hydroxyl groups excluding tert-OH is 1. The summed E-state index contributed by atoms with van der Waals surface area (Å²) in [5.74, 6) is 0. The lowest BCUT2D eigenvalue weighted by Crippen LogP contribution is -2.26. The lowest BCUT2D eigenvalue weighted by Gasteiger charge is -2.09. The highest BCUT2D eigenvalue weighted by Gasteiger charge is 2.01. The van der Waals surface area contributed by atoms with Crippen molar-refractivity contribution in [2.45, 2.75) is 32.4 Å². The maximum Gasteiger partial charge on any atom is 0.0664 e. The van der Waals surface area contributed by atoms with Crippen molar-refractivity contribution in [3.05, 3.63) is 24.0 Å². The van der Waals surface area contributed by atoms with Crippen LogP contribution < -0.4 is 5.32 Å². The largest absolute Gasteiger partial charge is 0.392 e. The second-order valence-electron chi connectivity index (χ2n) is 3.27. The van der Waals surface area contributed by atoms with Gasteiger partial charge in [0.25, 0.3) is 0 Å². The monoisotopic (exact) mass is 182 g/mol. The molecule has 74 valence electrons. The Kier molecular flexibility index (Phi) is 4.57. The van der Waals surface area contributed by atoms with Crippen LogP contribution in [0.15, 0.2) is 18.3 Å². The molecule has 1 aromatic rings. The zero-order chi connectivity index (χ0) is 9.52. The number of H-pyrrole nitrogens is 1. The van der Waals surface area contributed by atoms with Gasteiger partial charge in [-0.15, -0.1) is 0 Å². The Morgan fingerprint density at radius 1 is 1.62 bits per heavy atom. The molecule has 13 heavy (non-hydrogen) atoms. The normalized spacial score (nSPS) is 13.1. The molecule has 1 rings (SSSR count). The van der Waals surface area contributed by atoms with E-state index in [1.54, 1.807) is 0 Å². The Hall–Kier alpha value is -0.800. The van der Waals surface area contributed by atoms with Gasteiger partial charge in [-0.3, -0.25) is 0 Å². The van der Waals surface area contributed by atoms with E-state index in [1.165, 1.54) is 0 Å². The number of aromatic nitrogens is 1. The van der Waals surface area contributed by atoms with Gasteiger partial charge in [0, 0.05) is 25.0 Å². The van der Waals surface area contributed by atoms with Crippen LogP contribution in [0.1, 0.15) is 25.5 Å². The summed E-state index contributed by atoms with van der Waals surface area (Å²) >= 11 is 0. The molecule has 3 N–H and O–H groups in total. The van der Waals surface area contributed by atoms with Crippen molar-refractivity contribution < 1.29 is 5.11 Å². The first-order chi connectivity index (χ1) is 6.33. The Morgan fingerprint density at radius 2 is 2.46 bits per heavy atom. The summed E-state index contributed by atoms with van der Waals surface area (Å²) in [6.07, 6.45) is 3.60. The zero-order valence-corrected chi connectivity index (χ0v) is 8.09. The molecule has 0 aliphatic carbocycles. The standard InChI is InChI=1S/C10H18N2O/c1-2-4-10(13)8-11-7-9-5-3-6-12-9/h3,5-6,10-13H,2,4,7-8H2,1H3. The van der Waals surface area contributed by atoms with Crippen molar-refractivity contribution in [2.75, 3.05) is 6.54 Å². The van der Waals surface area contributed by atoms with Crippen LogP contribution in [-0.2, 0) is 6.54 Å². The van der Waals surface area contributed by atoms with Crippen molar-refractivity contribution in [1.82, 2.24) is 10.3 Å². The fraction of sp³-hybridized carbons (Fsp3) is 0.600. The molecule has 0 aliphatic heterocycles. The molecule has 0 aliphatic rings. The van der Waals surface area contributed by atoms with Crippen LogP contribution in [0, 0.1) is 0 Å². The molecular weight excluding hydrogens is 164 g/mol. The van der Waals surface area contributed by atoms with Gasteiger partial charge in [0.15, 0.2) is 0 Å². The average molecular weight is 182 g/mol. The van der Waals surface area contributed by atoms with Crippen LogP contribution in [-0.4, -0.2) is 22.7 Å². The van der Waals surface area contributed by atoms with Gasteiger partial charge >= 0.3 is 0 Å². The number of rotatable bonds is 6. The number of aliphatic hydroxyl groups is 1. The number of hydrogen-bond donors (Lipinski definition) is 3. The molecular formula is C10H18N2O. The summed E-state index contributed by atoms with van der Waals surface area (Å²) in [6, 6.07) is 4.00. The van der Waals surface area contributed by atoms with Crippen LogP contribution >= 0.6 is 0 Å². The Morgan fingerprint density at radius 3 is 3.08 bits per heavy atom. The van der Waals surface area contributed by atoms with E-state index in [9.17, 15) is 5.11 Å². The van der Waals surface area contributed by atoms with Gasteiger partial charge in [0.05, 0.1) is 6.10 Å². The molecule has 0 radical (unpaired) electrons. The minimum absolute atomic E-state index is 0.208. The minimum Gasteiger partial charge on any atom is -0.392 e. The third kappa shape index (κ3) is 4.10. The second kappa shape index (κ2) is 5.78. The van der Waals surface area contributed by atoms with E-state index in [-0.39, 0.29) is 6.10 Å². The van der Waals surface area contributed by atoms with E-state index in [4.69, 9.17) is 0 Å². The molecule has 0 spiro atoms. The first-order valence-electron chi connectivity index (χ1n) is 4.84. The van der Waals surface area contributed by atoms with Gasteiger partial charge in [-0.1, -0.05) is 13.3 Å². The summed E-state index contributed by atoms with van der Waals surface area (Å²) in [7, 11) is 0. The number of nitrogens with one attached hydrogen (secondary N) is 2. The van der Waals surface area contributed by atoms with Crippen LogP contribution in [0.25, 0.3) is 0 Å². The molecule has 0 fully saturated rings. The highest BCUT2D eigenvalue weighted by atomic mass is 16.3. The van der Waals surface area contributed by atoms with Crippen molar-refractivity contribution in [1.29, 1.82) is 0 Å². The first-order valence-corrected chi connectivity index (χ1v) is 4.84. The molecule has 0 bridgehead atoms. The van der Waals surface area contributed by atoms with Crippen molar-refractivity contribution in [3.63, 3.8) is 0 Å². The molecule has 0 saturated heterocycles. The van der Waals surface area contributed by atoms with E-state index >= 15 is 0 Å². The second-order valence-corrected chi connectivity index (χ2v) is 3.27. The molecule has 1 atom stereocenters. The van der Waals surface area contributed by atoms with Crippen molar-refractivity contribution >= 4 is 0 Å². The average Bonchev–Trinajstić information content (AvgIpc) is 2.57. The lowest BCUT2D eigenvalue weighted by atomic mass is 10.2. The third-order valence-electron chi connectivity index (χ3n) is 1.98. The first kappa shape index (κ1) is 10.3. The van der Waals surface area contributed by atoms with E-state index in [0.29, 0.717) is 6.54 Å². The van der Waals surface area contributed by atoms with Gasteiger partial charge in [0.1, 0.15) is 0 Å². The Labute approximate surface area is 79.2 Å². The number of aromatic amines is 1. The van der Waals surface area contributed by atoms with E-state index in [1.807, 2.05) is 18.3 Å². The van der Waals surface area contributed by atoms with Crippen LogP contribution in [0.4, 0.5) is 0 Å². The maximum absolute atomic E-state index is 9.41. The van der Waals surface area contributed by atoms with Gasteiger partial charge in [-0.05, 0) is 18.6 Å². The van der Waals surface area contributed by atoms with Crippen molar-refractivity contribution in [3.8, 4) is 0 Å². The predicted molar refractivity (Wildman–Crippen MR) is 53.4 cm³/mol. The van der Waals surface area contributed by atoms with E-state index < -0.39 is 0 Å². The predicted octanol–water partition coefficient (Wildman–Crippen LogP) is 1.27. The Balaban J connectivity index is 2.07. The molecule has 3 nitrogen and oxygen atoms in total. The molecule has 1 heterocycles. The summed E-state index contributed by atoms with van der Waals surface area (Å²) in [4.78, 5) is 3.10. The maximum atomic E-state index is 9.41. The fourth-order valence-electron chi connectivity index (χ4n) is 1.29. The minimum atomic E-state index is -0.208. The SMILES string of the molecule is CCCC(O)CNCc1ccc[nH]1. The van der Waals surface area contributed by atoms with Crippen LogP contribution in [0.5, 0.6) is 0 Å². The third-order valence-corrected chi connectivity index (χ3v) is 1.98. The summed E-state index contributed by atoms with van der Waals surface area (Å²) in [5, 5.41) is 12.6. The van der Waals surface area contributed by atoms with Gasteiger partial charge in [-0.25, -0.2) is 0 Å². The molecule has 0 aromatic carbocycles. The summed E-state index contributed by atoms with van der Waals surface area (Å²) in [6.45, 7) is 3.55. The van der Waals surface area contributed by atoms with E-state index in [0.717, 1.165) is 25.1 Å². The van der Waals surface area contributed by atoms with Crippen molar-refractivity contribution in [2.24, 2.45) is 0 Å². The topological polar surface area (TPSA) is 48.0 Å². The summed E-state index contributed by atoms with van der Waals surface area (Å²) < 4.78 is 0. The van der Waals surface area contributed by atoms with Gasteiger partial charge in [0.2, 0.25) is 0 Å². The lowest BCUT2D eigenvalue weighted by molar-refractivity contribution is 0.160. The Bertz CT molecular complexity index is 209. The zero-order valence-electron chi connectivity index (χ0n) is 8.09. The molecule has 3 heteroatoms. The van der Waals surface area contributed by atoms with Gasteiger partial charge in [-0.2, -0.15) is 0 Å². The molecule has 0 amide bonds.